The molecule has 38 heavy (non-hydrogen) atoms. The summed E-state index contributed by atoms with van der Waals surface area (Å²) in [6, 6.07) is 16.2. The van der Waals surface area contributed by atoms with Crippen molar-refractivity contribution in [2.24, 2.45) is 17.8 Å². The summed E-state index contributed by atoms with van der Waals surface area (Å²) in [6.07, 6.45) is 1.07. The number of anilines is 2. The normalized spacial score (nSPS) is 22.9. The fourth-order valence-electron chi connectivity index (χ4n) is 6.23. The number of halogens is 1. The minimum Gasteiger partial charge on any atom is -0.378 e. The summed E-state index contributed by atoms with van der Waals surface area (Å²) < 4.78 is 20.8. The Morgan fingerprint density at radius 3 is 2.39 bits per heavy atom. The average molecular weight is 534 g/mol. The first-order valence-corrected chi connectivity index (χ1v) is 14.7. The van der Waals surface area contributed by atoms with Gasteiger partial charge in [0, 0.05) is 45.0 Å². The Hall–Kier alpha value is -2.74. The van der Waals surface area contributed by atoms with Gasteiger partial charge in [0.25, 0.3) is 5.91 Å². The zero-order valence-corrected chi connectivity index (χ0v) is 23.1. The summed E-state index contributed by atoms with van der Waals surface area (Å²) in [5.74, 6) is 1.36. The molecule has 3 aromatic rings. The summed E-state index contributed by atoms with van der Waals surface area (Å²) in [7, 11) is 0. The van der Waals surface area contributed by atoms with Gasteiger partial charge in [-0.15, -0.1) is 11.3 Å². The second-order valence-electron chi connectivity index (χ2n) is 10.9. The van der Waals surface area contributed by atoms with Gasteiger partial charge in [0.2, 0.25) is 0 Å². The molecule has 6 rings (SSSR count). The first kappa shape index (κ1) is 25.5. The van der Waals surface area contributed by atoms with Crippen molar-refractivity contribution in [3.8, 4) is 0 Å². The average Bonchev–Trinajstić information content (AvgIpc) is 3.23. The van der Waals surface area contributed by atoms with E-state index in [2.05, 4.69) is 36.1 Å². The highest BCUT2D eigenvalue weighted by Gasteiger charge is 2.56. The van der Waals surface area contributed by atoms with Crippen molar-refractivity contribution in [3.05, 3.63) is 81.3 Å². The molecule has 2 unspecified atom stereocenters. The van der Waals surface area contributed by atoms with Crippen LogP contribution in [0.5, 0.6) is 0 Å². The van der Waals surface area contributed by atoms with Crippen molar-refractivity contribution in [2.75, 3.05) is 55.7 Å². The molecule has 1 amide bonds. The second-order valence-corrected chi connectivity index (χ2v) is 11.9. The van der Waals surface area contributed by atoms with E-state index < -0.39 is 0 Å². The largest absolute Gasteiger partial charge is 0.378 e. The number of hydrogen-bond acceptors (Lipinski definition) is 5. The van der Waals surface area contributed by atoms with Gasteiger partial charge in [0.15, 0.2) is 0 Å². The molecule has 0 radical (unpaired) electrons. The summed E-state index contributed by atoms with van der Waals surface area (Å²) in [4.78, 5) is 20.9. The number of aryl methyl sites for hydroxylation is 2. The molecule has 7 heteroatoms. The Kier molecular flexibility index (Phi) is 7.25. The molecule has 5 nitrogen and oxygen atoms in total. The lowest BCUT2D eigenvalue weighted by Gasteiger charge is -2.30. The zero-order chi connectivity index (χ0) is 26.2. The lowest BCUT2D eigenvalue weighted by Crippen LogP contribution is -2.37. The SMILES string of the molecule is CCc1ccc(CN2CC3C(C2)C3CN(C(=O)c2sccc2C)c2ccc(N3CCOCC3)c(F)c2)cc1. The molecular formula is C31H36FN3O2S. The predicted molar refractivity (Wildman–Crippen MR) is 152 cm³/mol. The van der Waals surface area contributed by atoms with Crippen LogP contribution in [0.3, 0.4) is 0 Å². The molecule has 1 saturated carbocycles. The first-order valence-electron chi connectivity index (χ1n) is 13.8. The lowest BCUT2D eigenvalue weighted by atomic mass is 10.1. The minimum atomic E-state index is -0.277. The molecule has 1 aromatic heterocycles. The van der Waals surface area contributed by atoms with Crippen LogP contribution >= 0.6 is 11.3 Å². The maximum absolute atomic E-state index is 15.3. The topological polar surface area (TPSA) is 36.0 Å². The number of benzene rings is 2. The molecule has 0 spiro atoms. The van der Waals surface area contributed by atoms with Crippen LogP contribution in [-0.2, 0) is 17.7 Å². The van der Waals surface area contributed by atoms with Crippen LogP contribution in [0.15, 0.2) is 53.9 Å². The van der Waals surface area contributed by atoms with E-state index >= 15 is 4.39 Å². The van der Waals surface area contributed by atoms with Crippen LogP contribution in [0.1, 0.15) is 33.3 Å². The summed E-state index contributed by atoms with van der Waals surface area (Å²) >= 11 is 1.47. The van der Waals surface area contributed by atoms with E-state index in [0.29, 0.717) is 62.0 Å². The quantitative estimate of drug-likeness (QED) is 0.377. The number of carbonyl (C=O) groups is 1. The van der Waals surface area contributed by atoms with Crippen LogP contribution in [0.4, 0.5) is 15.8 Å². The standard InChI is InChI=1S/C31H36FN3O2S/c1-3-22-4-6-23(7-5-22)17-33-18-25-26(19-33)27(25)20-35(31(36)30-21(2)10-15-38-30)24-8-9-29(28(32)16-24)34-11-13-37-14-12-34/h4-10,15-16,25-27H,3,11-14,17-20H2,1-2H3. The molecule has 1 aliphatic carbocycles. The molecular weight excluding hydrogens is 497 g/mol. The summed E-state index contributed by atoms with van der Waals surface area (Å²) in [5.41, 5.74) is 4.95. The van der Waals surface area contributed by atoms with Crippen molar-refractivity contribution in [2.45, 2.75) is 26.8 Å². The molecule has 0 N–H and O–H groups in total. The van der Waals surface area contributed by atoms with Gasteiger partial charge in [-0.2, -0.15) is 0 Å². The van der Waals surface area contributed by atoms with Crippen molar-refractivity contribution in [1.82, 2.24) is 4.90 Å². The van der Waals surface area contributed by atoms with Crippen LogP contribution in [-0.4, -0.2) is 56.7 Å². The van der Waals surface area contributed by atoms with Gasteiger partial charge in [-0.25, -0.2) is 4.39 Å². The molecule has 2 aromatic carbocycles. The first-order chi connectivity index (χ1) is 18.5. The van der Waals surface area contributed by atoms with E-state index in [4.69, 9.17) is 4.74 Å². The van der Waals surface area contributed by atoms with Gasteiger partial charge in [-0.1, -0.05) is 31.2 Å². The van der Waals surface area contributed by atoms with Gasteiger partial charge < -0.3 is 14.5 Å². The number of hydrogen-bond donors (Lipinski definition) is 0. The smallest absolute Gasteiger partial charge is 0.268 e. The Balaban J connectivity index is 1.16. The Labute approximate surface area is 228 Å². The number of piperidine rings is 1. The van der Waals surface area contributed by atoms with Crippen molar-refractivity contribution in [1.29, 1.82) is 0 Å². The summed E-state index contributed by atoms with van der Waals surface area (Å²) in [5, 5.41) is 1.96. The third-order valence-electron chi connectivity index (χ3n) is 8.57. The number of carbonyl (C=O) groups excluding carboxylic acids is 1. The molecule has 3 aliphatic rings. The Bertz CT molecular complexity index is 1270. The second kappa shape index (κ2) is 10.8. The fraction of sp³-hybridized carbons (Fsp3) is 0.452. The van der Waals surface area contributed by atoms with E-state index in [1.165, 1.54) is 22.5 Å². The van der Waals surface area contributed by atoms with Crippen molar-refractivity contribution < 1.29 is 13.9 Å². The Morgan fingerprint density at radius 1 is 1.05 bits per heavy atom. The molecule has 3 heterocycles. The van der Waals surface area contributed by atoms with E-state index in [1.54, 1.807) is 6.07 Å². The molecule has 2 saturated heterocycles. The van der Waals surface area contributed by atoms with Gasteiger partial charge in [-0.05, 0) is 77.4 Å². The van der Waals surface area contributed by atoms with Crippen molar-refractivity contribution >= 4 is 28.6 Å². The highest BCUT2D eigenvalue weighted by Crippen LogP contribution is 2.52. The maximum atomic E-state index is 15.3. The van der Waals surface area contributed by atoms with Crippen LogP contribution in [0.2, 0.25) is 0 Å². The number of nitrogens with zero attached hydrogens (tertiary/aromatic N) is 3. The van der Waals surface area contributed by atoms with Crippen LogP contribution < -0.4 is 9.80 Å². The van der Waals surface area contributed by atoms with Gasteiger partial charge in [-0.3, -0.25) is 9.69 Å². The highest BCUT2D eigenvalue weighted by molar-refractivity contribution is 7.12. The zero-order valence-electron chi connectivity index (χ0n) is 22.2. The number of likely N-dealkylation sites (tertiary alicyclic amines) is 1. The minimum absolute atomic E-state index is 0.0196. The van der Waals surface area contributed by atoms with Crippen LogP contribution in [0, 0.1) is 30.5 Å². The number of amides is 1. The number of ether oxygens (including phenoxy) is 1. The van der Waals surface area contributed by atoms with E-state index in [-0.39, 0.29) is 11.7 Å². The number of fused-ring (bicyclic) bond motifs is 1. The summed E-state index contributed by atoms with van der Waals surface area (Å²) in [6.45, 7) is 10.5. The van der Waals surface area contributed by atoms with Gasteiger partial charge in [0.05, 0.1) is 23.8 Å². The molecule has 0 bridgehead atoms. The van der Waals surface area contributed by atoms with Gasteiger partial charge >= 0.3 is 0 Å². The van der Waals surface area contributed by atoms with Crippen LogP contribution in [0.25, 0.3) is 0 Å². The fourth-order valence-corrected chi connectivity index (χ4v) is 7.10. The monoisotopic (exact) mass is 533 g/mol. The third-order valence-corrected chi connectivity index (χ3v) is 9.58. The molecule has 200 valence electrons. The molecule has 2 aliphatic heterocycles. The Morgan fingerprint density at radius 2 is 1.76 bits per heavy atom. The molecule has 3 fully saturated rings. The number of rotatable bonds is 8. The number of morpholine rings is 1. The maximum Gasteiger partial charge on any atom is 0.268 e. The van der Waals surface area contributed by atoms with E-state index in [9.17, 15) is 4.79 Å². The van der Waals surface area contributed by atoms with Crippen molar-refractivity contribution in [3.63, 3.8) is 0 Å². The third kappa shape index (κ3) is 5.12. The van der Waals surface area contributed by atoms with Gasteiger partial charge in [0.1, 0.15) is 5.82 Å². The van der Waals surface area contributed by atoms with E-state index in [0.717, 1.165) is 36.5 Å². The lowest BCUT2D eigenvalue weighted by molar-refractivity contribution is 0.0987. The predicted octanol–water partition coefficient (Wildman–Crippen LogP) is 5.62. The number of thiophene rings is 1. The highest BCUT2D eigenvalue weighted by atomic mass is 32.1. The molecule has 2 atom stereocenters. The van der Waals surface area contributed by atoms with E-state index in [1.807, 2.05) is 40.3 Å².